The van der Waals surface area contributed by atoms with Gasteiger partial charge in [0, 0.05) is 49.9 Å². The molecular weight excluding hydrogens is 402 g/mol. The molecule has 1 aliphatic heterocycles. The third kappa shape index (κ3) is 6.62. The number of nitrogens with zero attached hydrogens (tertiary/aromatic N) is 2. The largest absolute Gasteiger partial charge is 0.497 e. The highest BCUT2D eigenvalue weighted by Gasteiger charge is 2.20. The third-order valence-corrected chi connectivity index (χ3v) is 5.61. The molecule has 7 heteroatoms. The molecule has 3 rings (SSSR count). The van der Waals surface area contributed by atoms with E-state index in [2.05, 4.69) is 15.1 Å². The average Bonchev–Trinajstić information content (AvgIpc) is 2.76. The molecule has 30 heavy (non-hydrogen) atoms. The summed E-state index contributed by atoms with van der Waals surface area (Å²) in [5, 5.41) is 3.74. The molecule has 0 aromatic heterocycles. The van der Waals surface area contributed by atoms with Crippen LogP contribution in [0.2, 0.25) is 5.02 Å². The Balaban J connectivity index is 1.39. The summed E-state index contributed by atoms with van der Waals surface area (Å²) in [6, 6.07) is 13.6. The van der Waals surface area contributed by atoms with E-state index >= 15 is 0 Å². The van der Waals surface area contributed by atoms with Crippen LogP contribution >= 0.6 is 11.6 Å². The lowest BCUT2D eigenvalue weighted by molar-refractivity contribution is -0.122. The maximum absolute atomic E-state index is 12.3. The van der Waals surface area contributed by atoms with Crippen LogP contribution in [0.4, 0.5) is 0 Å². The quantitative estimate of drug-likeness (QED) is 0.661. The zero-order valence-electron chi connectivity index (χ0n) is 17.7. The van der Waals surface area contributed by atoms with Gasteiger partial charge in [-0.2, -0.15) is 0 Å². The van der Waals surface area contributed by atoms with Gasteiger partial charge in [0.25, 0.3) is 0 Å². The molecule has 2 aromatic rings. The van der Waals surface area contributed by atoms with Crippen LogP contribution in [-0.2, 0) is 17.8 Å². The third-order valence-electron chi connectivity index (χ3n) is 5.36. The van der Waals surface area contributed by atoms with Crippen molar-refractivity contribution < 1.29 is 14.3 Å². The number of carbonyl (C=O) groups is 1. The van der Waals surface area contributed by atoms with Gasteiger partial charge in [-0.05, 0) is 42.3 Å². The number of benzene rings is 2. The van der Waals surface area contributed by atoms with Gasteiger partial charge in [0.1, 0.15) is 11.5 Å². The zero-order chi connectivity index (χ0) is 21.3. The smallest absolute Gasteiger partial charge is 0.234 e. The summed E-state index contributed by atoms with van der Waals surface area (Å²) in [7, 11) is 3.36. The van der Waals surface area contributed by atoms with E-state index in [1.54, 1.807) is 14.2 Å². The van der Waals surface area contributed by atoms with Crippen LogP contribution in [0.5, 0.6) is 11.5 Å². The SMILES string of the molecule is COc1ccc(OC)c(CN2CCN(CC(=O)NCCc3ccc(Cl)cc3)CC2)c1. The Labute approximate surface area is 183 Å². The first-order valence-electron chi connectivity index (χ1n) is 10.2. The molecule has 0 saturated carbocycles. The number of ether oxygens (including phenoxy) is 2. The van der Waals surface area contributed by atoms with Crippen LogP contribution in [0, 0.1) is 0 Å². The van der Waals surface area contributed by atoms with E-state index in [1.807, 2.05) is 42.5 Å². The lowest BCUT2D eigenvalue weighted by Crippen LogP contribution is -2.49. The molecule has 2 aromatic carbocycles. The molecule has 1 N–H and O–H groups in total. The van der Waals surface area contributed by atoms with E-state index in [1.165, 1.54) is 5.56 Å². The molecule has 0 spiro atoms. The number of hydrogen-bond donors (Lipinski definition) is 1. The highest BCUT2D eigenvalue weighted by molar-refractivity contribution is 6.30. The first kappa shape index (κ1) is 22.4. The minimum absolute atomic E-state index is 0.0758. The number of rotatable bonds is 9. The van der Waals surface area contributed by atoms with Crippen LogP contribution in [0.3, 0.4) is 0 Å². The van der Waals surface area contributed by atoms with Crippen molar-refractivity contribution in [3.8, 4) is 11.5 Å². The summed E-state index contributed by atoms with van der Waals surface area (Å²) in [5.41, 5.74) is 2.28. The molecule has 6 nitrogen and oxygen atoms in total. The van der Waals surface area contributed by atoms with Gasteiger partial charge >= 0.3 is 0 Å². The van der Waals surface area contributed by atoms with Gasteiger partial charge in [-0.3, -0.25) is 14.6 Å². The van der Waals surface area contributed by atoms with Crippen molar-refractivity contribution in [2.75, 3.05) is 53.5 Å². The summed E-state index contributed by atoms with van der Waals surface area (Å²) >= 11 is 5.90. The molecule has 0 radical (unpaired) electrons. The fourth-order valence-electron chi connectivity index (χ4n) is 3.61. The minimum Gasteiger partial charge on any atom is -0.497 e. The average molecular weight is 432 g/mol. The standard InChI is InChI=1S/C23H30ClN3O3/c1-29-21-7-8-22(30-2)19(15-21)16-26-11-13-27(14-12-26)17-23(28)25-10-9-18-3-5-20(24)6-4-18/h3-8,15H,9-14,16-17H2,1-2H3,(H,25,28). The van der Waals surface area contributed by atoms with Gasteiger partial charge in [-0.25, -0.2) is 0 Å². The predicted molar refractivity (Wildman–Crippen MR) is 119 cm³/mol. The number of amides is 1. The van der Waals surface area contributed by atoms with Crippen molar-refractivity contribution in [2.45, 2.75) is 13.0 Å². The maximum atomic E-state index is 12.3. The summed E-state index contributed by atoms with van der Waals surface area (Å²) in [6.45, 7) is 5.46. The van der Waals surface area contributed by atoms with Crippen molar-refractivity contribution in [1.82, 2.24) is 15.1 Å². The van der Waals surface area contributed by atoms with Gasteiger partial charge in [-0.15, -0.1) is 0 Å². The van der Waals surface area contributed by atoms with Gasteiger partial charge < -0.3 is 14.8 Å². The minimum atomic E-state index is 0.0758. The van der Waals surface area contributed by atoms with Crippen molar-refractivity contribution in [1.29, 1.82) is 0 Å². The van der Waals surface area contributed by atoms with Gasteiger partial charge in [0.2, 0.25) is 5.91 Å². The van der Waals surface area contributed by atoms with E-state index in [-0.39, 0.29) is 5.91 Å². The second-order valence-corrected chi connectivity index (χ2v) is 7.89. The summed E-state index contributed by atoms with van der Waals surface area (Å²) in [6.07, 6.45) is 0.805. The van der Waals surface area contributed by atoms with E-state index in [0.717, 1.165) is 61.2 Å². The first-order chi connectivity index (χ1) is 14.6. The van der Waals surface area contributed by atoms with Gasteiger partial charge in [0.15, 0.2) is 0 Å². The number of hydrogen-bond acceptors (Lipinski definition) is 5. The number of halogens is 1. The lowest BCUT2D eigenvalue weighted by Gasteiger charge is -2.34. The molecule has 1 aliphatic rings. The Hall–Kier alpha value is -2.28. The van der Waals surface area contributed by atoms with Gasteiger partial charge in [-0.1, -0.05) is 23.7 Å². The fraction of sp³-hybridized carbons (Fsp3) is 0.435. The Morgan fingerprint density at radius 1 is 1.00 bits per heavy atom. The number of methoxy groups -OCH3 is 2. The molecule has 1 saturated heterocycles. The maximum Gasteiger partial charge on any atom is 0.234 e. The van der Waals surface area contributed by atoms with E-state index in [4.69, 9.17) is 21.1 Å². The second-order valence-electron chi connectivity index (χ2n) is 7.46. The molecule has 1 amide bonds. The van der Waals surface area contributed by atoms with Crippen LogP contribution in [0.1, 0.15) is 11.1 Å². The predicted octanol–water partition coefficient (Wildman–Crippen LogP) is 2.83. The van der Waals surface area contributed by atoms with Crippen molar-refractivity contribution in [3.63, 3.8) is 0 Å². The van der Waals surface area contributed by atoms with Crippen molar-refractivity contribution >= 4 is 17.5 Å². The molecule has 1 heterocycles. The highest BCUT2D eigenvalue weighted by Crippen LogP contribution is 2.25. The Kier molecular flexibility index (Phi) is 8.37. The molecule has 162 valence electrons. The van der Waals surface area contributed by atoms with E-state index < -0.39 is 0 Å². The fourth-order valence-corrected chi connectivity index (χ4v) is 3.73. The molecule has 0 atom stereocenters. The second kappa shape index (κ2) is 11.2. The van der Waals surface area contributed by atoms with Crippen LogP contribution < -0.4 is 14.8 Å². The van der Waals surface area contributed by atoms with Crippen LogP contribution in [0.25, 0.3) is 0 Å². The molecular formula is C23H30ClN3O3. The number of piperazine rings is 1. The van der Waals surface area contributed by atoms with E-state index in [0.29, 0.717) is 13.1 Å². The molecule has 0 bridgehead atoms. The van der Waals surface area contributed by atoms with E-state index in [9.17, 15) is 4.79 Å². The van der Waals surface area contributed by atoms with Crippen LogP contribution in [-0.4, -0.2) is 69.2 Å². The summed E-state index contributed by atoms with van der Waals surface area (Å²) < 4.78 is 10.8. The normalized spacial score (nSPS) is 15.0. The lowest BCUT2D eigenvalue weighted by atomic mass is 10.1. The van der Waals surface area contributed by atoms with Gasteiger partial charge in [0.05, 0.1) is 20.8 Å². The number of carbonyl (C=O) groups excluding carboxylic acids is 1. The molecule has 0 unspecified atom stereocenters. The zero-order valence-corrected chi connectivity index (χ0v) is 18.5. The highest BCUT2D eigenvalue weighted by atomic mass is 35.5. The van der Waals surface area contributed by atoms with Crippen molar-refractivity contribution in [3.05, 3.63) is 58.6 Å². The summed E-state index contributed by atoms with van der Waals surface area (Å²) in [5.74, 6) is 1.78. The Morgan fingerprint density at radius 2 is 1.70 bits per heavy atom. The molecule has 0 aliphatic carbocycles. The molecule has 1 fully saturated rings. The Bertz CT molecular complexity index is 821. The number of nitrogens with one attached hydrogen (secondary N) is 1. The first-order valence-corrected chi connectivity index (χ1v) is 10.6. The van der Waals surface area contributed by atoms with Crippen molar-refractivity contribution in [2.24, 2.45) is 0 Å². The van der Waals surface area contributed by atoms with Crippen LogP contribution in [0.15, 0.2) is 42.5 Å². The topological polar surface area (TPSA) is 54.0 Å². The summed E-state index contributed by atoms with van der Waals surface area (Å²) in [4.78, 5) is 16.9. The monoisotopic (exact) mass is 431 g/mol. The Morgan fingerprint density at radius 3 is 2.37 bits per heavy atom.